The summed E-state index contributed by atoms with van der Waals surface area (Å²) in [7, 11) is 2.40. The van der Waals surface area contributed by atoms with Crippen molar-refractivity contribution in [3.8, 4) is 16.9 Å². The molecule has 2 heteroatoms. The number of hydrogen-bond acceptors (Lipinski definition) is 1. The van der Waals surface area contributed by atoms with E-state index in [2.05, 4.69) is 66.7 Å². The third kappa shape index (κ3) is 3.51. The third-order valence-electron chi connectivity index (χ3n) is 3.37. The first kappa shape index (κ1) is 13.9. The smallest absolute Gasteiger partial charge is 0.118 e. The van der Waals surface area contributed by atoms with Crippen LogP contribution < -0.4 is 15.3 Å². The van der Waals surface area contributed by atoms with Crippen LogP contribution >= 0.6 is 8.58 Å². The van der Waals surface area contributed by atoms with Crippen molar-refractivity contribution in [1.29, 1.82) is 0 Å². The van der Waals surface area contributed by atoms with Crippen LogP contribution in [-0.4, -0.2) is 7.11 Å². The molecular weight excluding hydrogens is 275 g/mol. The summed E-state index contributed by atoms with van der Waals surface area (Å²) in [6.07, 6.45) is 0. The van der Waals surface area contributed by atoms with Gasteiger partial charge in [-0.2, -0.15) is 0 Å². The second kappa shape index (κ2) is 6.56. The zero-order valence-corrected chi connectivity index (χ0v) is 12.9. The Labute approximate surface area is 127 Å². The van der Waals surface area contributed by atoms with Gasteiger partial charge in [0.2, 0.25) is 0 Å². The van der Waals surface area contributed by atoms with Crippen LogP contribution in [0, 0.1) is 0 Å². The van der Waals surface area contributed by atoms with Crippen LogP contribution in [0.1, 0.15) is 0 Å². The maximum atomic E-state index is 5.19. The molecule has 0 spiro atoms. The molecule has 0 heterocycles. The molecule has 0 bridgehead atoms. The summed E-state index contributed by atoms with van der Waals surface area (Å²) in [6, 6.07) is 27.6. The van der Waals surface area contributed by atoms with Crippen LogP contribution in [-0.2, 0) is 0 Å². The lowest BCUT2D eigenvalue weighted by Crippen LogP contribution is -2.02. The Kier molecular flexibility index (Phi) is 4.33. The molecule has 0 aliphatic rings. The molecule has 104 valence electrons. The number of methoxy groups -OCH3 is 1. The Morgan fingerprint density at radius 2 is 1.14 bits per heavy atom. The van der Waals surface area contributed by atoms with E-state index in [9.17, 15) is 0 Å². The Balaban J connectivity index is 1.77. The highest BCUT2D eigenvalue weighted by molar-refractivity contribution is 7.55. The fraction of sp³-hybridized carbons (Fsp3) is 0.0526. The maximum absolute atomic E-state index is 5.19. The quantitative estimate of drug-likeness (QED) is 0.661. The highest BCUT2D eigenvalue weighted by Crippen LogP contribution is 2.22. The second-order valence-electron chi connectivity index (χ2n) is 4.80. The van der Waals surface area contributed by atoms with Crippen LogP contribution in [0.25, 0.3) is 11.1 Å². The van der Waals surface area contributed by atoms with Gasteiger partial charge in [0.05, 0.1) is 7.11 Å². The summed E-state index contributed by atoms with van der Waals surface area (Å²) >= 11 is 0. The van der Waals surface area contributed by atoms with Crippen LogP contribution in [0.5, 0.6) is 5.75 Å². The minimum Gasteiger partial charge on any atom is -0.497 e. The minimum atomic E-state index is 0.709. The largest absolute Gasteiger partial charge is 0.497 e. The van der Waals surface area contributed by atoms with E-state index in [1.807, 2.05) is 12.1 Å². The molecule has 0 saturated carbocycles. The fourth-order valence-corrected chi connectivity index (χ4v) is 3.24. The van der Waals surface area contributed by atoms with E-state index in [0.717, 1.165) is 5.75 Å². The highest BCUT2D eigenvalue weighted by Gasteiger charge is 2.00. The Morgan fingerprint density at radius 1 is 0.619 bits per heavy atom. The third-order valence-corrected chi connectivity index (χ3v) is 4.61. The van der Waals surface area contributed by atoms with Crippen LogP contribution in [0.2, 0.25) is 0 Å². The van der Waals surface area contributed by atoms with Crippen molar-refractivity contribution in [2.24, 2.45) is 0 Å². The van der Waals surface area contributed by atoms with Crippen molar-refractivity contribution in [3.63, 3.8) is 0 Å². The highest BCUT2D eigenvalue weighted by atomic mass is 31.1. The van der Waals surface area contributed by atoms with E-state index in [1.165, 1.54) is 21.7 Å². The van der Waals surface area contributed by atoms with Crippen molar-refractivity contribution in [1.82, 2.24) is 0 Å². The lowest BCUT2D eigenvalue weighted by atomic mass is 10.1. The van der Waals surface area contributed by atoms with E-state index < -0.39 is 0 Å². The van der Waals surface area contributed by atoms with Gasteiger partial charge in [-0.05, 0) is 33.9 Å². The molecule has 0 N–H and O–H groups in total. The average Bonchev–Trinajstić information content (AvgIpc) is 2.57. The van der Waals surface area contributed by atoms with Crippen LogP contribution in [0.4, 0.5) is 0 Å². The molecule has 0 radical (unpaired) electrons. The Bertz CT molecular complexity index is 688. The van der Waals surface area contributed by atoms with E-state index >= 15 is 0 Å². The van der Waals surface area contributed by atoms with E-state index in [0.29, 0.717) is 8.58 Å². The van der Waals surface area contributed by atoms with Gasteiger partial charge in [0.1, 0.15) is 5.75 Å². The predicted octanol–water partition coefficient (Wildman–Crippen LogP) is 3.99. The molecule has 3 rings (SSSR count). The first-order valence-corrected chi connectivity index (χ1v) is 7.92. The molecular formula is C19H17OP. The Morgan fingerprint density at radius 3 is 1.71 bits per heavy atom. The van der Waals surface area contributed by atoms with Gasteiger partial charge in [-0.1, -0.05) is 75.3 Å². The summed E-state index contributed by atoms with van der Waals surface area (Å²) < 4.78 is 5.19. The minimum absolute atomic E-state index is 0.709. The van der Waals surface area contributed by atoms with Crippen molar-refractivity contribution < 1.29 is 4.74 Å². The van der Waals surface area contributed by atoms with Gasteiger partial charge < -0.3 is 4.74 Å². The first-order chi connectivity index (χ1) is 10.3. The van der Waals surface area contributed by atoms with Crippen LogP contribution in [0.3, 0.4) is 0 Å². The molecule has 0 amide bonds. The van der Waals surface area contributed by atoms with Crippen molar-refractivity contribution in [2.75, 3.05) is 7.11 Å². The van der Waals surface area contributed by atoms with Crippen LogP contribution in [0.15, 0.2) is 78.9 Å². The molecule has 1 unspecified atom stereocenters. The molecule has 1 nitrogen and oxygen atoms in total. The van der Waals surface area contributed by atoms with E-state index in [1.54, 1.807) is 7.11 Å². The Hall–Kier alpha value is -2.11. The molecule has 0 aliphatic heterocycles. The summed E-state index contributed by atoms with van der Waals surface area (Å²) in [5, 5.41) is 2.73. The fourth-order valence-electron chi connectivity index (χ4n) is 2.22. The van der Waals surface area contributed by atoms with Gasteiger partial charge in [-0.15, -0.1) is 0 Å². The molecule has 0 fully saturated rings. The maximum Gasteiger partial charge on any atom is 0.118 e. The van der Waals surface area contributed by atoms with Gasteiger partial charge >= 0.3 is 0 Å². The summed E-state index contributed by atoms with van der Waals surface area (Å²) in [4.78, 5) is 0. The summed E-state index contributed by atoms with van der Waals surface area (Å²) in [6.45, 7) is 0. The molecule has 3 aromatic rings. The molecule has 1 atom stereocenters. The molecule has 21 heavy (non-hydrogen) atoms. The number of rotatable bonds is 4. The van der Waals surface area contributed by atoms with E-state index in [4.69, 9.17) is 4.74 Å². The second-order valence-corrected chi connectivity index (χ2v) is 6.20. The number of benzene rings is 3. The lowest BCUT2D eigenvalue weighted by Gasteiger charge is -2.06. The number of hydrogen-bond donors (Lipinski definition) is 0. The van der Waals surface area contributed by atoms with Crippen molar-refractivity contribution >= 4 is 19.2 Å². The zero-order chi connectivity index (χ0) is 14.5. The SMILES string of the molecule is COc1ccc(-c2ccc(Pc3ccccc3)cc2)cc1. The van der Waals surface area contributed by atoms with Gasteiger partial charge in [0, 0.05) is 0 Å². The van der Waals surface area contributed by atoms with E-state index in [-0.39, 0.29) is 0 Å². The molecule has 3 aromatic carbocycles. The molecule has 0 saturated heterocycles. The molecule has 0 aliphatic carbocycles. The average molecular weight is 292 g/mol. The monoisotopic (exact) mass is 292 g/mol. The van der Waals surface area contributed by atoms with Gasteiger partial charge in [-0.3, -0.25) is 0 Å². The zero-order valence-electron chi connectivity index (χ0n) is 11.9. The van der Waals surface area contributed by atoms with Crippen molar-refractivity contribution in [2.45, 2.75) is 0 Å². The van der Waals surface area contributed by atoms with Gasteiger partial charge in [0.25, 0.3) is 0 Å². The predicted molar refractivity (Wildman–Crippen MR) is 92.5 cm³/mol. The van der Waals surface area contributed by atoms with Gasteiger partial charge in [-0.25, -0.2) is 0 Å². The topological polar surface area (TPSA) is 9.23 Å². The number of ether oxygens (including phenoxy) is 1. The standard InChI is InChI=1S/C19H17OP/c1-20-17-11-7-15(8-12-17)16-9-13-19(14-10-16)21-18-5-3-2-4-6-18/h2-14,21H,1H3. The lowest BCUT2D eigenvalue weighted by molar-refractivity contribution is 0.415. The summed E-state index contributed by atoms with van der Waals surface area (Å²) in [5.74, 6) is 0.890. The normalized spacial score (nSPS) is 10.9. The first-order valence-electron chi connectivity index (χ1n) is 6.92. The summed E-state index contributed by atoms with van der Waals surface area (Å²) in [5.41, 5.74) is 2.45. The molecule has 0 aromatic heterocycles. The van der Waals surface area contributed by atoms with Gasteiger partial charge in [0.15, 0.2) is 0 Å². The van der Waals surface area contributed by atoms with Crippen molar-refractivity contribution in [3.05, 3.63) is 78.9 Å².